The average molecular weight is 358 g/mol. The highest BCUT2D eigenvalue weighted by Gasteiger charge is 2.20. The lowest BCUT2D eigenvalue weighted by atomic mass is 10.1. The third-order valence-corrected chi connectivity index (χ3v) is 4.15. The first-order valence-corrected chi connectivity index (χ1v) is 8.24. The minimum Gasteiger partial charge on any atom is -0.464 e. The number of benzene rings is 2. The Morgan fingerprint density at radius 3 is 2.40 bits per heavy atom. The molecule has 0 radical (unpaired) electrons. The topological polar surface area (TPSA) is 33.5 Å². The SMILES string of the molecule is Cc1ccc(CN(Cc2ccc(F)cc2)C(=O)c2ccccc2Cl)o1. The second-order valence-corrected chi connectivity index (χ2v) is 6.19. The summed E-state index contributed by atoms with van der Waals surface area (Å²) in [7, 11) is 0. The fourth-order valence-corrected chi connectivity index (χ4v) is 2.79. The van der Waals surface area contributed by atoms with Crippen LogP contribution in [0.5, 0.6) is 0 Å². The van der Waals surface area contributed by atoms with E-state index in [0.29, 0.717) is 29.4 Å². The molecule has 1 heterocycles. The maximum absolute atomic E-state index is 13.1. The number of hydrogen-bond acceptors (Lipinski definition) is 2. The summed E-state index contributed by atoms with van der Waals surface area (Å²) in [6, 6.07) is 16.7. The molecule has 1 amide bonds. The van der Waals surface area contributed by atoms with Crippen LogP contribution in [0, 0.1) is 12.7 Å². The Bertz CT molecular complexity index is 873. The van der Waals surface area contributed by atoms with Crippen molar-refractivity contribution in [3.63, 3.8) is 0 Å². The first-order chi connectivity index (χ1) is 12.0. The molecule has 5 heteroatoms. The van der Waals surface area contributed by atoms with E-state index in [1.165, 1.54) is 12.1 Å². The van der Waals surface area contributed by atoms with Crippen LogP contribution in [-0.4, -0.2) is 10.8 Å². The van der Waals surface area contributed by atoms with Gasteiger partial charge < -0.3 is 9.32 Å². The van der Waals surface area contributed by atoms with Gasteiger partial charge in [0, 0.05) is 6.54 Å². The van der Waals surface area contributed by atoms with E-state index in [-0.39, 0.29) is 11.7 Å². The number of hydrogen-bond donors (Lipinski definition) is 0. The van der Waals surface area contributed by atoms with Crippen LogP contribution in [0.1, 0.15) is 27.4 Å². The zero-order valence-corrected chi connectivity index (χ0v) is 14.5. The van der Waals surface area contributed by atoms with Gasteiger partial charge in [-0.1, -0.05) is 35.9 Å². The molecule has 0 spiro atoms. The first kappa shape index (κ1) is 17.2. The van der Waals surface area contributed by atoms with Crippen molar-refractivity contribution < 1.29 is 13.6 Å². The maximum atomic E-state index is 13.1. The van der Waals surface area contributed by atoms with Gasteiger partial charge in [-0.3, -0.25) is 4.79 Å². The Labute approximate surface area is 150 Å². The van der Waals surface area contributed by atoms with Crippen molar-refractivity contribution in [1.29, 1.82) is 0 Å². The number of rotatable bonds is 5. The minimum absolute atomic E-state index is 0.205. The van der Waals surface area contributed by atoms with Crippen LogP contribution in [0.4, 0.5) is 4.39 Å². The second-order valence-electron chi connectivity index (χ2n) is 5.78. The molecule has 2 aromatic carbocycles. The predicted octanol–water partition coefficient (Wildman–Crippen LogP) is 5.22. The number of carbonyl (C=O) groups is 1. The molecule has 0 atom stereocenters. The molecule has 128 valence electrons. The summed E-state index contributed by atoms with van der Waals surface area (Å²) in [6.45, 7) is 2.48. The number of aryl methyl sites for hydroxylation is 1. The van der Waals surface area contributed by atoms with E-state index < -0.39 is 0 Å². The molecule has 0 saturated heterocycles. The van der Waals surface area contributed by atoms with Gasteiger partial charge in [0.05, 0.1) is 17.1 Å². The zero-order valence-electron chi connectivity index (χ0n) is 13.7. The van der Waals surface area contributed by atoms with E-state index in [1.54, 1.807) is 41.3 Å². The van der Waals surface area contributed by atoms with E-state index in [9.17, 15) is 9.18 Å². The van der Waals surface area contributed by atoms with Crippen LogP contribution in [0.15, 0.2) is 65.1 Å². The Hall–Kier alpha value is -2.59. The molecule has 3 nitrogen and oxygen atoms in total. The minimum atomic E-state index is -0.311. The fraction of sp³-hybridized carbons (Fsp3) is 0.150. The van der Waals surface area contributed by atoms with Crippen molar-refractivity contribution in [3.05, 3.63) is 94.2 Å². The molecular formula is C20H17ClFNO2. The molecule has 3 rings (SSSR count). The predicted molar refractivity (Wildman–Crippen MR) is 94.9 cm³/mol. The molecule has 0 aliphatic heterocycles. The summed E-state index contributed by atoms with van der Waals surface area (Å²) in [6.07, 6.45) is 0. The summed E-state index contributed by atoms with van der Waals surface area (Å²) in [4.78, 5) is 14.6. The standard InChI is InChI=1S/C20H17ClFNO2/c1-14-6-11-17(25-14)13-23(12-15-7-9-16(22)10-8-15)20(24)18-4-2-3-5-19(18)21/h2-11H,12-13H2,1H3. The summed E-state index contributed by atoms with van der Waals surface area (Å²) in [5.41, 5.74) is 1.25. The van der Waals surface area contributed by atoms with Gasteiger partial charge in [0.2, 0.25) is 0 Å². The normalized spacial score (nSPS) is 10.7. The zero-order chi connectivity index (χ0) is 17.8. The molecular weight excluding hydrogens is 341 g/mol. The molecule has 0 aliphatic carbocycles. The van der Waals surface area contributed by atoms with Gasteiger partial charge in [-0.05, 0) is 48.9 Å². The lowest BCUT2D eigenvalue weighted by molar-refractivity contribution is 0.0717. The number of furan rings is 1. The van der Waals surface area contributed by atoms with Crippen LogP contribution in [0.2, 0.25) is 5.02 Å². The fourth-order valence-electron chi connectivity index (χ4n) is 2.57. The van der Waals surface area contributed by atoms with Crippen molar-refractivity contribution >= 4 is 17.5 Å². The first-order valence-electron chi connectivity index (χ1n) is 7.86. The second kappa shape index (κ2) is 7.53. The highest BCUT2D eigenvalue weighted by Crippen LogP contribution is 2.21. The van der Waals surface area contributed by atoms with Crippen molar-refractivity contribution in [2.75, 3.05) is 0 Å². The molecule has 0 unspecified atom stereocenters. The quantitative estimate of drug-likeness (QED) is 0.627. The molecule has 3 aromatic rings. The summed E-state index contributed by atoms with van der Waals surface area (Å²) in [5.74, 6) is 0.945. The molecule has 1 aromatic heterocycles. The molecule has 0 aliphatic rings. The van der Waals surface area contributed by atoms with E-state index in [1.807, 2.05) is 19.1 Å². The highest BCUT2D eigenvalue weighted by molar-refractivity contribution is 6.33. The van der Waals surface area contributed by atoms with Gasteiger partial charge in [0.1, 0.15) is 17.3 Å². The van der Waals surface area contributed by atoms with Crippen LogP contribution < -0.4 is 0 Å². The molecule has 0 fully saturated rings. The van der Waals surface area contributed by atoms with Crippen molar-refractivity contribution in [2.45, 2.75) is 20.0 Å². The van der Waals surface area contributed by atoms with E-state index >= 15 is 0 Å². The summed E-state index contributed by atoms with van der Waals surface area (Å²) >= 11 is 6.17. The lowest BCUT2D eigenvalue weighted by Gasteiger charge is -2.22. The number of carbonyl (C=O) groups excluding carboxylic acids is 1. The lowest BCUT2D eigenvalue weighted by Crippen LogP contribution is -2.30. The van der Waals surface area contributed by atoms with Gasteiger partial charge in [0.25, 0.3) is 5.91 Å². The largest absolute Gasteiger partial charge is 0.464 e. The van der Waals surface area contributed by atoms with Gasteiger partial charge >= 0.3 is 0 Å². The smallest absolute Gasteiger partial charge is 0.256 e. The van der Waals surface area contributed by atoms with Crippen LogP contribution in [0.3, 0.4) is 0 Å². The Morgan fingerprint density at radius 1 is 1.04 bits per heavy atom. The third-order valence-electron chi connectivity index (χ3n) is 3.82. The number of nitrogens with zero attached hydrogens (tertiary/aromatic N) is 1. The van der Waals surface area contributed by atoms with Gasteiger partial charge in [-0.25, -0.2) is 4.39 Å². The van der Waals surface area contributed by atoms with E-state index in [2.05, 4.69) is 0 Å². The van der Waals surface area contributed by atoms with Gasteiger partial charge in [-0.2, -0.15) is 0 Å². The molecule has 0 saturated carbocycles. The highest BCUT2D eigenvalue weighted by atomic mass is 35.5. The maximum Gasteiger partial charge on any atom is 0.256 e. The molecule has 25 heavy (non-hydrogen) atoms. The average Bonchev–Trinajstić information content (AvgIpc) is 3.01. The monoisotopic (exact) mass is 357 g/mol. The van der Waals surface area contributed by atoms with Gasteiger partial charge in [0.15, 0.2) is 0 Å². The van der Waals surface area contributed by atoms with Crippen LogP contribution in [-0.2, 0) is 13.1 Å². The number of amides is 1. The van der Waals surface area contributed by atoms with E-state index in [0.717, 1.165) is 11.3 Å². The molecule has 0 N–H and O–H groups in total. The summed E-state index contributed by atoms with van der Waals surface area (Å²) < 4.78 is 18.7. The molecule has 0 bridgehead atoms. The van der Waals surface area contributed by atoms with Crippen LogP contribution in [0.25, 0.3) is 0 Å². The number of halogens is 2. The van der Waals surface area contributed by atoms with Crippen molar-refractivity contribution in [2.24, 2.45) is 0 Å². The third kappa shape index (κ3) is 4.28. The van der Waals surface area contributed by atoms with E-state index in [4.69, 9.17) is 16.0 Å². The Kier molecular flexibility index (Phi) is 5.19. The van der Waals surface area contributed by atoms with Crippen LogP contribution >= 0.6 is 11.6 Å². The van der Waals surface area contributed by atoms with Crippen molar-refractivity contribution in [1.82, 2.24) is 4.90 Å². The Balaban J connectivity index is 1.89. The van der Waals surface area contributed by atoms with Gasteiger partial charge in [-0.15, -0.1) is 0 Å². The van der Waals surface area contributed by atoms with Crippen molar-refractivity contribution in [3.8, 4) is 0 Å². The summed E-state index contributed by atoms with van der Waals surface area (Å²) in [5, 5.41) is 0.396. The Morgan fingerprint density at radius 2 is 1.76 bits per heavy atom.